The molecule has 3 aliphatic rings. The Labute approximate surface area is 227 Å². The molecule has 4 rings (SSSR count). The van der Waals surface area contributed by atoms with Gasteiger partial charge in [0.05, 0.1) is 17.9 Å². The van der Waals surface area contributed by atoms with Gasteiger partial charge < -0.3 is 15.3 Å². The van der Waals surface area contributed by atoms with E-state index in [0.29, 0.717) is 36.8 Å². The molecule has 3 N–H and O–H groups in total. The number of carbonyl (C=O) groups is 4. The van der Waals surface area contributed by atoms with Gasteiger partial charge in [0.15, 0.2) is 17.3 Å². The van der Waals surface area contributed by atoms with Crippen molar-refractivity contribution in [2.24, 2.45) is 17.8 Å². The van der Waals surface area contributed by atoms with Crippen molar-refractivity contribution in [3.8, 4) is 5.75 Å². The number of rotatable bonds is 7. The van der Waals surface area contributed by atoms with Crippen molar-refractivity contribution in [2.75, 3.05) is 6.61 Å². The summed E-state index contributed by atoms with van der Waals surface area (Å²) < 4.78 is 0. The van der Waals surface area contributed by atoms with Crippen LogP contribution in [0.1, 0.15) is 62.6 Å². The normalized spacial score (nSPS) is 27.3. The van der Waals surface area contributed by atoms with E-state index in [1.54, 1.807) is 12.1 Å². The van der Waals surface area contributed by atoms with E-state index >= 15 is 0 Å². The van der Waals surface area contributed by atoms with Crippen LogP contribution >= 0.6 is 0 Å². The number of hydrogen-bond donors (Lipinski definition) is 3. The zero-order chi connectivity index (χ0) is 28.3. The topological polar surface area (TPSA) is 129 Å². The maximum atomic E-state index is 13.7. The standard InChI is InChI=1S/C32H34O7/c1-18(34)15-27(37)28-22(13-14-33)16-23-17-25-24(11-12-26(36)30(25)32(39)29(23)31(28)38)21-8-6-4-3-5-7-20(9-10-21)19(2)35/h3-6,9-12,22-23,28,33,36,39H,7-8,13-17H2,1-2H3/b5-3-,6-4-,20-9+,21-10+. The molecule has 7 nitrogen and oxygen atoms in total. The number of allylic oxidation sites excluding steroid dienone is 9. The Kier molecular flexibility index (Phi) is 8.60. The summed E-state index contributed by atoms with van der Waals surface area (Å²) in [6.45, 7) is 2.61. The van der Waals surface area contributed by atoms with Gasteiger partial charge in [-0.3, -0.25) is 19.2 Å². The first-order chi connectivity index (χ1) is 18.6. The van der Waals surface area contributed by atoms with Gasteiger partial charge in [-0.05, 0) is 86.1 Å². The first-order valence-corrected chi connectivity index (χ1v) is 13.3. The molecule has 204 valence electrons. The SMILES string of the molecule is CC(=O)CC(=O)C1C(=O)C2=C(O)c3c(O)ccc(/C4=C/C=C(/C(C)=O)C/C=C\C=C/C4)c3CC2CC1CCO. The van der Waals surface area contributed by atoms with Crippen molar-refractivity contribution in [1.82, 2.24) is 0 Å². The summed E-state index contributed by atoms with van der Waals surface area (Å²) in [5.74, 6) is -3.91. The molecule has 1 fully saturated rings. The molecule has 1 saturated carbocycles. The predicted molar refractivity (Wildman–Crippen MR) is 148 cm³/mol. The van der Waals surface area contributed by atoms with E-state index < -0.39 is 29.3 Å². The minimum atomic E-state index is -1.12. The fraction of sp³-hybridized carbons (Fsp3) is 0.375. The number of ketones is 4. The summed E-state index contributed by atoms with van der Waals surface area (Å²) >= 11 is 0. The number of aliphatic hydroxyl groups is 2. The summed E-state index contributed by atoms with van der Waals surface area (Å²) in [4.78, 5) is 50.3. The fourth-order valence-electron chi connectivity index (χ4n) is 6.05. The van der Waals surface area contributed by atoms with Crippen molar-refractivity contribution < 1.29 is 34.5 Å². The summed E-state index contributed by atoms with van der Waals surface area (Å²) in [6, 6.07) is 3.26. The highest BCUT2D eigenvalue weighted by atomic mass is 16.3. The van der Waals surface area contributed by atoms with Crippen molar-refractivity contribution in [3.63, 3.8) is 0 Å². The monoisotopic (exact) mass is 530 g/mol. The van der Waals surface area contributed by atoms with Gasteiger partial charge in [0.1, 0.15) is 17.3 Å². The highest BCUT2D eigenvalue weighted by Gasteiger charge is 2.47. The molecule has 0 amide bonds. The zero-order valence-corrected chi connectivity index (χ0v) is 22.3. The largest absolute Gasteiger partial charge is 0.507 e. The van der Waals surface area contributed by atoms with Crippen LogP contribution in [-0.2, 0) is 25.6 Å². The molecule has 0 radical (unpaired) electrons. The third-order valence-electron chi connectivity index (χ3n) is 7.86. The second-order valence-electron chi connectivity index (χ2n) is 10.5. The van der Waals surface area contributed by atoms with E-state index in [-0.39, 0.29) is 53.7 Å². The minimum Gasteiger partial charge on any atom is -0.507 e. The molecular weight excluding hydrogens is 496 g/mol. The van der Waals surface area contributed by atoms with Crippen LogP contribution in [0, 0.1) is 17.8 Å². The highest BCUT2D eigenvalue weighted by molar-refractivity contribution is 6.17. The summed E-state index contributed by atoms with van der Waals surface area (Å²) in [5, 5.41) is 31.9. The quantitative estimate of drug-likeness (QED) is 0.433. The Balaban J connectivity index is 1.84. The lowest BCUT2D eigenvalue weighted by molar-refractivity contribution is -0.137. The van der Waals surface area contributed by atoms with Crippen LogP contribution < -0.4 is 0 Å². The molecule has 3 aliphatic carbocycles. The number of aliphatic hydroxyl groups excluding tert-OH is 2. The lowest BCUT2D eigenvalue weighted by Crippen LogP contribution is -2.43. The minimum absolute atomic E-state index is 0.0257. The molecule has 0 bridgehead atoms. The van der Waals surface area contributed by atoms with E-state index in [1.807, 2.05) is 30.4 Å². The Morgan fingerprint density at radius 2 is 1.72 bits per heavy atom. The molecule has 1 aromatic carbocycles. The van der Waals surface area contributed by atoms with Crippen molar-refractivity contribution >= 4 is 34.5 Å². The number of Topliss-reactive ketones (excluding diaryl/α,β-unsaturated/α-hetero) is 4. The molecular formula is C32H34O7. The summed E-state index contributed by atoms with van der Waals surface area (Å²) in [5.41, 5.74) is 3.30. The van der Waals surface area contributed by atoms with Gasteiger partial charge in [0, 0.05) is 12.2 Å². The Morgan fingerprint density at radius 1 is 1.00 bits per heavy atom. The maximum absolute atomic E-state index is 13.7. The van der Waals surface area contributed by atoms with Crippen LogP contribution in [0.2, 0.25) is 0 Å². The maximum Gasteiger partial charge on any atom is 0.173 e. The van der Waals surface area contributed by atoms with Gasteiger partial charge in [0.2, 0.25) is 0 Å². The highest BCUT2D eigenvalue weighted by Crippen LogP contribution is 2.49. The van der Waals surface area contributed by atoms with Gasteiger partial charge in [-0.15, -0.1) is 0 Å². The lowest BCUT2D eigenvalue weighted by Gasteiger charge is -2.39. The molecule has 0 saturated heterocycles. The van der Waals surface area contributed by atoms with E-state index in [4.69, 9.17) is 0 Å². The van der Waals surface area contributed by atoms with Crippen LogP contribution in [0.25, 0.3) is 11.3 Å². The van der Waals surface area contributed by atoms with E-state index in [9.17, 15) is 34.5 Å². The number of benzene rings is 1. The van der Waals surface area contributed by atoms with Crippen LogP contribution in [-0.4, -0.2) is 45.1 Å². The average molecular weight is 531 g/mol. The van der Waals surface area contributed by atoms with E-state index in [0.717, 1.165) is 11.1 Å². The molecule has 1 aromatic rings. The van der Waals surface area contributed by atoms with Crippen LogP contribution in [0.15, 0.2) is 59.7 Å². The number of fused-ring (bicyclic) bond motifs is 2. The molecule has 0 heterocycles. The third-order valence-corrected chi connectivity index (χ3v) is 7.86. The first kappa shape index (κ1) is 28.2. The van der Waals surface area contributed by atoms with Crippen LogP contribution in [0.4, 0.5) is 0 Å². The Morgan fingerprint density at radius 3 is 2.38 bits per heavy atom. The Hall–Kier alpha value is -3.84. The van der Waals surface area contributed by atoms with Crippen molar-refractivity contribution in [2.45, 2.75) is 52.4 Å². The molecule has 0 aliphatic heterocycles. The number of phenols is 1. The van der Waals surface area contributed by atoms with Gasteiger partial charge >= 0.3 is 0 Å². The second-order valence-corrected chi connectivity index (χ2v) is 10.5. The number of hydrogen-bond acceptors (Lipinski definition) is 7. The van der Waals surface area contributed by atoms with E-state index in [2.05, 4.69) is 0 Å². The van der Waals surface area contributed by atoms with Crippen molar-refractivity contribution in [1.29, 1.82) is 0 Å². The lowest BCUT2D eigenvalue weighted by atomic mass is 9.63. The van der Waals surface area contributed by atoms with Gasteiger partial charge in [-0.1, -0.05) is 42.5 Å². The molecule has 0 aromatic heterocycles. The van der Waals surface area contributed by atoms with Gasteiger partial charge in [-0.2, -0.15) is 0 Å². The fourth-order valence-corrected chi connectivity index (χ4v) is 6.05. The summed E-state index contributed by atoms with van der Waals surface area (Å²) in [7, 11) is 0. The molecule has 3 atom stereocenters. The molecule has 0 spiro atoms. The third kappa shape index (κ3) is 5.78. The van der Waals surface area contributed by atoms with Gasteiger partial charge in [-0.25, -0.2) is 0 Å². The summed E-state index contributed by atoms with van der Waals surface area (Å²) in [6.07, 6.45) is 13.0. The van der Waals surface area contributed by atoms with Gasteiger partial charge in [0.25, 0.3) is 0 Å². The second kappa shape index (κ2) is 11.9. The molecule has 7 heteroatoms. The molecule has 3 unspecified atom stereocenters. The first-order valence-electron chi connectivity index (χ1n) is 13.3. The van der Waals surface area contributed by atoms with E-state index in [1.165, 1.54) is 19.9 Å². The zero-order valence-electron chi connectivity index (χ0n) is 22.3. The smallest absolute Gasteiger partial charge is 0.173 e. The average Bonchev–Trinajstić information content (AvgIpc) is 2.86. The Bertz CT molecular complexity index is 1370. The number of carbonyl (C=O) groups excluding carboxylic acids is 4. The predicted octanol–water partition coefficient (Wildman–Crippen LogP) is 4.77. The van der Waals surface area contributed by atoms with Crippen LogP contribution in [0.3, 0.4) is 0 Å². The van der Waals surface area contributed by atoms with Crippen molar-refractivity contribution in [3.05, 3.63) is 76.4 Å². The van der Waals surface area contributed by atoms with Crippen LogP contribution in [0.5, 0.6) is 5.75 Å². The molecule has 39 heavy (non-hydrogen) atoms. The number of phenolic OH excluding ortho intramolecular Hbond substituents is 1. The number of aromatic hydroxyl groups is 1.